The van der Waals surface area contributed by atoms with Crippen LogP contribution >= 0.6 is 0 Å². The molecule has 0 bridgehead atoms. The zero-order valence-corrected chi connectivity index (χ0v) is 11.2. The molecule has 0 spiro atoms. The van der Waals surface area contributed by atoms with Crippen molar-refractivity contribution in [2.24, 2.45) is 0 Å². The fourth-order valence-electron chi connectivity index (χ4n) is 1.79. The average molecular weight is 258 g/mol. The molecule has 1 amide bonds. The lowest BCUT2D eigenvalue weighted by Crippen LogP contribution is -2.11. The van der Waals surface area contributed by atoms with Crippen molar-refractivity contribution in [1.82, 2.24) is 5.32 Å². The van der Waals surface area contributed by atoms with Crippen molar-refractivity contribution < 1.29 is 9.21 Å². The van der Waals surface area contributed by atoms with Crippen molar-refractivity contribution in [3.63, 3.8) is 0 Å². The molecular formula is C15H18N2O2. The first-order chi connectivity index (χ1) is 9.22. The Morgan fingerprint density at radius 2 is 1.89 bits per heavy atom. The highest BCUT2D eigenvalue weighted by molar-refractivity contribution is 6.02. The van der Waals surface area contributed by atoms with Gasteiger partial charge < -0.3 is 15.1 Å². The largest absolute Gasteiger partial charge is 0.456 e. The molecule has 2 aromatic rings. The lowest BCUT2D eigenvalue weighted by atomic mass is 10.2. The Balaban J connectivity index is 2.01. The maximum absolute atomic E-state index is 11.9. The molecule has 0 saturated heterocycles. The molecule has 0 atom stereocenters. The number of carbonyl (C=O) groups excluding carboxylic acids is 1. The Kier molecular flexibility index (Phi) is 4.36. The second kappa shape index (κ2) is 6.20. The van der Waals surface area contributed by atoms with E-state index >= 15 is 0 Å². The molecule has 2 N–H and O–H groups in total. The fraction of sp³-hybridized carbons (Fsp3) is 0.267. The van der Waals surface area contributed by atoms with Gasteiger partial charge in [-0.3, -0.25) is 4.79 Å². The van der Waals surface area contributed by atoms with E-state index in [9.17, 15) is 4.79 Å². The van der Waals surface area contributed by atoms with Gasteiger partial charge in [-0.25, -0.2) is 0 Å². The van der Waals surface area contributed by atoms with E-state index in [0.717, 1.165) is 24.4 Å². The molecule has 0 unspecified atom stereocenters. The minimum absolute atomic E-state index is 0.221. The summed E-state index contributed by atoms with van der Waals surface area (Å²) in [5, 5.41) is 5.89. The van der Waals surface area contributed by atoms with Gasteiger partial charge in [-0.1, -0.05) is 19.1 Å². The van der Waals surface area contributed by atoms with E-state index in [1.54, 1.807) is 6.07 Å². The number of carbonyl (C=O) groups is 1. The summed E-state index contributed by atoms with van der Waals surface area (Å²) in [6.45, 7) is 2.80. The maximum Gasteiger partial charge on any atom is 0.291 e. The summed E-state index contributed by atoms with van der Waals surface area (Å²) in [7, 11) is 1.90. The van der Waals surface area contributed by atoms with E-state index in [2.05, 4.69) is 10.6 Å². The van der Waals surface area contributed by atoms with Crippen molar-refractivity contribution >= 4 is 11.6 Å². The van der Waals surface area contributed by atoms with Crippen LogP contribution in [0.3, 0.4) is 0 Å². The minimum atomic E-state index is -0.221. The molecule has 0 aliphatic rings. The summed E-state index contributed by atoms with van der Waals surface area (Å²) in [6.07, 6.45) is 0.784. The van der Waals surface area contributed by atoms with E-state index in [1.807, 2.05) is 44.3 Å². The average Bonchev–Trinajstić information content (AvgIpc) is 2.90. The minimum Gasteiger partial charge on any atom is -0.456 e. The fourth-order valence-corrected chi connectivity index (χ4v) is 1.79. The number of aryl methyl sites for hydroxylation is 1. The van der Waals surface area contributed by atoms with Crippen molar-refractivity contribution in [2.45, 2.75) is 19.9 Å². The van der Waals surface area contributed by atoms with Crippen LogP contribution in [0.2, 0.25) is 0 Å². The molecule has 19 heavy (non-hydrogen) atoms. The second-order valence-electron chi connectivity index (χ2n) is 4.30. The monoisotopic (exact) mass is 258 g/mol. The molecule has 4 heteroatoms. The van der Waals surface area contributed by atoms with Crippen molar-refractivity contribution in [1.29, 1.82) is 0 Å². The predicted molar refractivity (Wildman–Crippen MR) is 75.2 cm³/mol. The Hall–Kier alpha value is -2.07. The summed E-state index contributed by atoms with van der Waals surface area (Å²) >= 11 is 0. The Bertz CT molecular complexity index is 544. The number of benzene rings is 1. The van der Waals surface area contributed by atoms with E-state index in [4.69, 9.17) is 4.42 Å². The number of rotatable bonds is 5. The third-order valence-corrected chi connectivity index (χ3v) is 2.83. The van der Waals surface area contributed by atoms with Crippen molar-refractivity contribution in [3.05, 3.63) is 53.5 Å². The molecule has 1 heterocycles. The number of furan rings is 1. The molecule has 0 saturated carbocycles. The zero-order valence-electron chi connectivity index (χ0n) is 11.2. The van der Waals surface area contributed by atoms with E-state index in [1.165, 1.54) is 5.56 Å². The SMILES string of the molecule is CCc1ccc(C(=O)Nc2ccc(CNC)cc2)o1. The normalized spacial score (nSPS) is 10.4. The third kappa shape index (κ3) is 3.45. The summed E-state index contributed by atoms with van der Waals surface area (Å²) in [5.74, 6) is 0.937. The molecule has 1 aromatic carbocycles. The van der Waals surface area contributed by atoms with Gasteiger partial charge >= 0.3 is 0 Å². The maximum atomic E-state index is 11.9. The number of anilines is 1. The van der Waals surface area contributed by atoms with Crippen LogP contribution in [-0.4, -0.2) is 13.0 Å². The highest BCUT2D eigenvalue weighted by atomic mass is 16.3. The lowest BCUT2D eigenvalue weighted by molar-refractivity contribution is 0.0995. The van der Waals surface area contributed by atoms with Crippen LogP contribution in [0.4, 0.5) is 5.69 Å². The van der Waals surface area contributed by atoms with E-state index in [0.29, 0.717) is 5.76 Å². The van der Waals surface area contributed by atoms with Crippen LogP contribution in [0.1, 0.15) is 28.8 Å². The molecule has 2 rings (SSSR count). The van der Waals surface area contributed by atoms with Crippen LogP contribution in [0.5, 0.6) is 0 Å². The van der Waals surface area contributed by atoms with Gasteiger partial charge in [-0.2, -0.15) is 0 Å². The molecule has 0 aliphatic heterocycles. The number of hydrogen-bond donors (Lipinski definition) is 2. The summed E-state index contributed by atoms with van der Waals surface area (Å²) in [4.78, 5) is 11.9. The van der Waals surface area contributed by atoms with Gasteiger partial charge in [0, 0.05) is 18.7 Å². The molecular weight excluding hydrogens is 240 g/mol. The van der Waals surface area contributed by atoms with Crippen LogP contribution in [-0.2, 0) is 13.0 Å². The summed E-state index contributed by atoms with van der Waals surface area (Å²) in [6, 6.07) is 11.2. The lowest BCUT2D eigenvalue weighted by Gasteiger charge is -2.05. The van der Waals surface area contributed by atoms with E-state index in [-0.39, 0.29) is 5.91 Å². The van der Waals surface area contributed by atoms with Crippen molar-refractivity contribution in [3.8, 4) is 0 Å². The molecule has 0 fully saturated rings. The highest BCUT2D eigenvalue weighted by Crippen LogP contribution is 2.13. The molecule has 4 nitrogen and oxygen atoms in total. The standard InChI is InChI=1S/C15H18N2O2/c1-3-13-8-9-14(19-13)15(18)17-12-6-4-11(5-7-12)10-16-2/h4-9,16H,3,10H2,1-2H3,(H,17,18). The Morgan fingerprint density at radius 1 is 1.16 bits per heavy atom. The third-order valence-electron chi connectivity index (χ3n) is 2.83. The van der Waals surface area contributed by atoms with Crippen molar-refractivity contribution in [2.75, 3.05) is 12.4 Å². The first kappa shape index (κ1) is 13.4. The van der Waals surface area contributed by atoms with Gasteiger partial charge in [0.15, 0.2) is 5.76 Å². The Labute approximate surface area is 112 Å². The van der Waals surface area contributed by atoms with E-state index < -0.39 is 0 Å². The quantitative estimate of drug-likeness (QED) is 0.867. The van der Waals surface area contributed by atoms with Crippen LogP contribution in [0.25, 0.3) is 0 Å². The van der Waals surface area contributed by atoms with Gasteiger partial charge in [0.25, 0.3) is 5.91 Å². The predicted octanol–water partition coefficient (Wildman–Crippen LogP) is 2.81. The topological polar surface area (TPSA) is 54.3 Å². The van der Waals surface area contributed by atoms with Gasteiger partial charge in [0.1, 0.15) is 5.76 Å². The zero-order chi connectivity index (χ0) is 13.7. The molecule has 0 aliphatic carbocycles. The molecule has 0 radical (unpaired) electrons. The van der Waals surface area contributed by atoms with Gasteiger partial charge in [0.2, 0.25) is 0 Å². The van der Waals surface area contributed by atoms with Gasteiger partial charge in [-0.15, -0.1) is 0 Å². The second-order valence-corrected chi connectivity index (χ2v) is 4.30. The van der Waals surface area contributed by atoms with Gasteiger partial charge in [0.05, 0.1) is 0 Å². The first-order valence-corrected chi connectivity index (χ1v) is 6.36. The first-order valence-electron chi connectivity index (χ1n) is 6.36. The summed E-state index contributed by atoms with van der Waals surface area (Å²) < 4.78 is 5.41. The van der Waals surface area contributed by atoms with Gasteiger partial charge in [-0.05, 0) is 36.9 Å². The number of amides is 1. The van der Waals surface area contributed by atoms with Crippen LogP contribution in [0, 0.1) is 0 Å². The molecule has 100 valence electrons. The smallest absolute Gasteiger partial charge is 0.291 e. The highest BCUT2D eigenvalue weighted by Gasteiger charge is 2.10. The number of nitrogens with one attached hydrogen (secondary N) is 2. The van der Waals surface area contributed by atoms with Crippen LogP contribution < -0.4 is 10.6 Å². The summed E-state index contributed by atoms with van der Waals surface area (Å²) in [5.41, 5.74) is 1.94. The number of hydrogen-bond acceptors (Lipinski definition) is 3. The van der Waals surface area contributed by atoms with Crippen LogP contribution in [0.15, 0.2) is 40.8 Å². The Morgan fingerprint density at radius 3 is 2.47 bits per heavy atom. The molecule has 1 aromatic heterocycles.